The van der Waals surface area contributed by atoms with Crippen LogP contribution in [0.1, 0.15) is 33.1 Å². The molecule has 1 unspecified atom stereocenters. The number of ether oxygens (including phenoxy) is 1. The molecular formula is C16H22N2O6S. The summed E-state index contributed by atoms with van der Waals surface area (Å²) in [5.41, 5.74) is 0.795. The summed E-state index contributed by atoms with van der Waals surface area (Å²) in [6.07, 6.45) is 4.50. The van der Waals surface area contributed by atoms with Crippen LogP contribution in [0.2, 0.25) is 0 Å². The van der Waals surface area contributed by atoms with Gasteiger partial charge in [0.25, 0.3) is 11.8 Å². The third kappa shape index (κ3) is 3.76. The van der Waals surface area contributed by atoms with Gasteiger partial charge >= 0.3 is 5.97 Å². The molecule has 2 aliphatic rings. The van der Waals surface area contributed by atoms with Crippen molar-refractivity contribution in [2.75, 3.05) is 19.4 Å². The van der Waals surface area contributed by atoms with Gasteiger partial charge in [0, 0.05) is 24.3 Å². The fourth-order valence-corrected chi connectivity index (χ4v) is 4.26. The van der Waals surface area contributed by atoms with Gasteiger partial charge in [0.1, 0.15) is 0 Å². The van der Waals surface area contributed by atoms with Crippen molar-refractivity contribution < 1.29 is 27.5 Å². The van der Waals surface area contributed by atoms with Crippen LogP contribution in [-0.4, -0.2) is 60.9 Å². The maximum absolute atomic E-state index is 12.5. The molecule has 9 heteroatoms. The Bertz CT molecular complexity index is 753. The number of nitrogens with zero attached hydrogens (tertiary/aromatic N) is 2. The number of sulfonamides is 1. The number of esters is 1. The first kappa shape index (κ1) is 19.2. The second-order valence-corrected chi connectivity index (χ2v) is 7.72. The lowest BCUT2D eigenvalue weighted by Crippen LogP contribution is -2.39. The summed E-state index contributed by atoms with van der Waals surface area (Å²) in [4.78, 5) is 37.7. The van der Waals surface area contributed by atoms with Crippen molar-refractivity contribution in [2.24, 2.45) is 0 Å². The van der Waals surface area contributed by atoms with Crippen molar-refractivity contribution in [3.63, 3.8) is 0 Å². The lowest BCUT2D eigenvalue weighted by molar-refractivity contribution is -0.137. The molecule has 8 nitrogen and oxygen atoms in total. The molecule has 2 rings (SSSR count). The third-order valence-corrected chi connectivity index (χ3v) is 5.19. The van der Waals surface area contributed by atoms with E-state index in [4.69, 9.17) is 4.74 Å². The van der Waals surface area contributed by atoms with E-state index in [2.05, 4.69) is 0 Å². The molecule has 0 aromatic rings. The molecule has 2 heterocycles. The van der Waals surface area contributed by atoms with Crippen molar-refractivity contribution in [3.05, 3.63) is 23.4 Å². The van der Waals surface area contributed by atoms with Crippen LogP contribution in [0.5, 0.6) is 0 Å². The van der Waals surface area contributed by atoms with Crippen LogP contribution in [0.4, 0.5) is 0 Å². The Balaban J connectivity index is 2.33. The van der Waals surface area contributed by atoms with Gasteiger partial charge < -0.3 is 9.64 Å². The quantitative estimate of drug-likeness (QED) is 0.500. The SMILES string of the molecule is CCCC1=C2C(CCN2C(=O)C=CC(=O)OCC)N(S(C)(=O)=O)C1=O. The van der Waals surface area contributed by atoms with Gasteiger partial charge in [-0.1, -0.05) is 13.3 Å². The normalized spacial score (nSPS) is 20.6. The number of amides is 2. The Hall–Kier alpha value is -2.16. The summed E-state index contributed by atoms with van der Waals surface area (Å²) >= 11 is 0. The maximum atomic E-state index is 12.5. The summed E-state index contributed by atoms with van der Waals surface area (Å²) in [5, 5.41) is 0. The van der Waals surface area contributed by atoms with E-state index in [1.54, 1.807) is 6.92 Å². The van der Waals surface area contributed by atoms with Crippen LogP contribution in [0.15, 0.2) is 23.4 Å². The molecule has 1 atom stereocenters. The number of fused-ring (bicyclic) bond motifs is 1. The average Bonchev–Trinajstić information content (AvgIpc) is 3.04. The van der Waals surface area contributed by atoms with E-state index in [1.807, 2.05) is 6.92 Å². The Morgan fingerprint density at radius 2 is 1.96 bits per heavy atom. The molecule has 0 aliphatic carbocycles. The standard InChI is InChI=1S/C16H22N2O6S/c1-4-6-11-15-12(18(16(11)21)25(3,22)23)9-10-17(15)13(19)7-8-14(20)24-5-2/h7-8,12H,4-6,9-10H2,1-3H3. The zero-order chi connectivity index (χ0) is 18.8. The molecule has 138 valence electrons. The number of carbonyl (C=O) groups excluding carboxylic acids is 3. The maximum Gasteiger partial charge on any atom is 0.330 e. The summed E-state index contributed by atoms with van der Waals surface area (Å²) in [7, 11) is -3.73. The fourth-order valence-electron chi connectivity index (χ4n) is 3.18. The summed E-state index contributed by atoms with van der Waals surface area (Å²) in [6, 6.07) is -0.649. The van der Waals surface area contributed by atoms with Crippen LogP contribution in [0, 0.1) is 0 Å². The molecule has 1 saturated heterocycles. The number of carbonyl (C=O) groups is 3. The van der Waals surface area contributed by atoms with Crippen molar-refractivity contribution >= 4 is 27.8 Å². The number of rotatable bonds is 6. The van der Waals surface area contributed by atoms with Crippen LogP contribution in [-0.2, 0) is 29.1 Å². The second-order valence-electron chi connectivity index (χ2n) is 5.86. The van der Waals surface area contributed by atoms with Gasteiger partial charge in [0.2, 0.25) is 10.0 Å². The molecule has 0 spiro atoms. The van der Waals surface area contributed by atoms with Gasteiger partial charge in [-0.25, -0.2) is 17.5 Å². The molecule has 0 radical (unpaired) electrons. The van der Waals surface area contributed by atoms with Crippen LogP contribution in [0.3, 0.4) is 0 Å². The monoisotopic (exact) mass is 370 g/mol. The predicted molar refractivity (Wildman–Crippen MR) is 89.5 cm³/mol. The summed E-state index contributed by atoms with van der Waals surface area (Å²) in [6.45, 7) is 4.02. The molecule has 0 aromatic carbocycles. The Kier molecular flexibility index (Phi) is 5.66. The van der Waals surface area contributed by atoms with E-state index >= 15 is 0 Å². The minimum Gasteiger partial charge on any atom is -0.463 e. The predicted octanol–water partition coefficient (Wildman–Crippen LogP) is 0.563. The fraction of sp³-hybridized carbons (Fsp3) is 0.562. The van der Waals surface area contributed by atoms with Crippen molar-refractivity contribution in [1.29, 1.82) is 0 Å². The van der Waals surface area contributed by atoms with E-state index in [1.165, 1.54) is 4.90 Å². The number of hydrogen-bond acceptors (Lipinski definition) is 6. The van der Waals surface area contributed by atoms with Crippen LogP contribution in [0.25, 0.3) is 0 Å². The van der Waals surface area contributed by atoms with Crippen molar-refractivity contribution in [3.8, 4) is 0 Å². The summed E-state index contributed by atoms with van der Waals surface area (Å²) < 4.78 is 29.6. The first-order chi connectivity index (χ1) is 11.7. The van der Waals surface area contributed by atoms with E-state index in [-0.39, 0.29) is 6.61 Å². The zero-order valence-corrected chi connectivity index (χ0v) is 15.3. The molecule has 0 aromatic heterocycles. The van der Waals surface area contributed by atoms with Gasteiger partial charge in [0.05, 0.1) is 24.6 Å². The van der Waals surface area contributed by atoms with E-state index in [0.717, 1.165) is 22.7 Å². The molecular weight excluding hydrogens is 348 g/mol. The van der Waals surface area contributed by atoms with Gasteiger partial charge in [-0.15, -0.1) is 0 Å². The Morgan fingerprint density at radius 1 is 1.28 bits per heavy atom. The lowest BCUT2D eigenvalue weighted by Gasteiger charge is -2.20. The lowest BCUT2D eigenvalue weighted by atomic mass is 10.1. The van der Waals surface area contributed by atoms with Crippen molar-refractivity contribution in [2.45, 2.75) is 39.2 Å². The Morgan fingerprint density at radius 3 is 2.52 bits per heavy atom. The number of likely N-dealkylation sites (tertiary alicyclic amines) is 1. The highest BCUT2D eigenvalue weighted by Crippen LogP contribution is 2.39. The van der Waals surface area contributed by atoms with Crippen LogP contribution >= 0.6 is 0 Å². The Labute approximate surface area is 147 Å². The van der Waals surface area contributed by atoms with Crippen molar-refractivity contribution in [1.82, 2.24) is 9.21 Å². The van der Waals surface area contributed by atoms with E-state index < -0.39 is 33.8 Å². The van der Waals surface area contributed by atoms with Crippen LogP contribution < -0.4 is 0 Å². The van der Waals surface area contributed by atoms with Gasteiger partial charge in [0.15, 0.2) is 0 Å². The first-order valence-electron chi connectivity index (χ1n) is 8.15. The van der Waals surface area contributed by atoms with Gasteiger partial charge in [-0.05, 0) is 19.8 Å². The minimum absolute atomic E-state index is 0.201. The largest absolute Gasteiger partial charge is 0.463 e. The third-order valence-electron chi connectivity index (χ3n) is 4.06. The summed E-state index contributed by atoms with van der Waals surface area (Å²) in [5.74, 6) is -1.66. The average molecular weight is 370 g/mol. The van der Waals surface area contributed by atoms with Gasteiger partial charge in [-0.3, -0.25) is 9.59 Å². The van der Waals surface area contributed by atoms with Gasteiger partial charge in [-0.2, -0.15) is 0 Å². The van der Waals surface area contributed by atoms with E-state index in [9.17, 15) is 22.8 Å². The molecule has 1 fully saturated rings. The smallest absolute Gasteiger partial charge is 0.330 e. The van der Waals surface area contributed by atoms with E-state index in [0.29, 0.717) is 37.1 Å². The zero-order valence-electron chi connectivity index (χ0n) is 14.5. The molecule has 0 saturated carbocycles. The molecule has 2 aliphatic heterocycles. The molecule has 25 heavy (non-hydrogen) atoms. The molecule has 0 bridgehead atoms. The first-order valence-corrected chi connectivity index (χ1v) is 10.00. The molecule has 0 N–H and O–H groups in total. The topological polar surface area (TPSA) is 101 Å². The highest BCUT2D eigenvalue weighted by molar-refractivity contribution is 7.89. The highest BCUT2D eigenvalue weighted by Gasteiger charge is 2.49. The second kappa shape index (κ2) is 7.38. The molecule has 2 amide bonds. The number of hydrogen-bond donors (Lipinski definition) is 0. The highest BCUT2D eigenvalue weighted by atomic mass is 32.2. The minimum atomic E-state index is -3.73.